The van der Waals surface area contributed by atoms with Gasteiger partial charge in [0.25, 0.3) is 0 Å². The van der Waals surface area contributed by atoms with Crippen LogP contribution in [-0.4, -0.2) is 21.6 Å². The standard InChI is InChI=1S/C8H9NO3/c10-7-2-1-6(3-4-9-12)5-8(7)11/h1-2,4-5,10-12H,3H2. The first kappa shape index (κ1) is 8.39. The predicted molar refractivity (Wildman–Crippen MR) is 43.8 cm³/mol. The van der Waals surface area contributed by atoms with Crippen molar-refractivity contribution >= 4 is 6.21 Å². The quantitative estimate of drug-likeness (QED) is 0.267. The molecule has 0 spiro atoms. The van der Waals surface area contributed by atoms with Crippen LogP contribution in [0.15, 0.2) is 23.4 Å². The molecule has 0 saturated carbocycles. The van der Waals surface area contributed by atoms with Crippen LogP contribution in [0.1, 0.15) is 5.56 Å². The van der Waals surface area contributed by atoms with E-state index in [0.717, 1.165) is 5.56 Å². The second-order valence-corrected chi connectivity index (χ2v) is 2.33. The van der Waals surface area contributed by atoms with Gasteiger partial charge in [-0.2, -0.15) is 0 Å². The normalized spacial score (nSPS) is 10.7. The second-order valence-electron chi connectivity index (χ2n) is 2.33. The third kappa shape index (κ3) is 1.88. The molecule has 0 bridgehead atoms. The Morgan fingerprint density at radius 1 is 1.25 bits per heavy atom. The number of nitrogens with zero attached hydrogens (tertiary/aromatic N) is 1. The molecule has 0 fully saturated rings. The van der Waals surface area contributed by atoms with Crippen molar-refractivity contribution in [3.05, 3.63) is 23.8 Å². The van der Waals surface area contributed by atoms with Crippen molar-refractivity contribution in [1.82, 2.24) is 0 Å². The van der Waals surface area contributed by atoms with E-state index in [9.17, 15) is 0 Å². The number of hydrogen-bond donors (Lipinski definition) is 3. The van der Waals surface area contributed by atoms with E-state index in [1.54, 1.807) is 6.07 Å². The molecule has 0 radical (unpaired) electrons. The highest BCUT2D eigenvalue weighted by atomic mass is 16.4. The Kier molecular flexibility index (Phi) is 2.53. The molecule has 12 heavy (non-hydrogen) atoms. The number of phenols is 2. The highest BCUT2D eigenvalue weighted by Crippen LogP contribution is 2.24. The zero-order valence-electron chi connectivity index (χ0n) is 6.31. The van der Waals surface area contributed by atoms with Gasteiger partial charge < -0.3 is 15.4 Å². The number of rotatable bonds is 2. The summed E-state index contributed by atoms with van der Waals surface area (Å²) in [6.45, 7) is 0. The van der Waals surface area contributed by atoms with Gasteiger partial charge in [-0.3, -0.25) is 0 Å². The lowest BCUT2D eigenvalue weighted by molar-refractivity contribution is 0.321. The molecule has 0 atom stereocenters. The van der Waals surface area contributed by atoms with Gasteiger partial charge in [0.1, 0.15) is 0 Å². The van der Waals surface area contributed by atoms with E-state index in [4.69, 9.17) is 15.4 Å². The summed E-state index contributed by atoms with van der Waals surface area (Å²) in [5, 5.41) is 28.9. The fraction of sp³-hybridized carbons (Fsp3) is 0.125. The largest absolute Gasteiger partial charge is 0.504 e. The molecule has 4 nitrogen and oxygen atoms in total. The minimum Gasteiger partial charge on any atom is -0.504 e. The summed E-state index contributed by atoms with van der Waals surface area (Å²) in [6, 6.07) is 4.43. The van der Waals surface area contributed by atoms with Gasteiger partial charge in [0.05, 0.1) is 0 Å². The van der Waals surface area contributed by atoms with Crippen molar-refractivity contribution in [2.45, 2.75) is 6.42 Å². The smallest absolute Gasteiger partial charge is 0.157 e. The third-order valence-electron chi connectivity index (χ3n) is 1.45. The number of benzene rings is 1. The van der Waals surface area contributed by atoms with Crippen LogP contribution in [0.3, 0.4) is 0 Å². The number of phenolic OH excluding ortho intramolecular Hbond substituents is 2. The van der Waals surface area contributed by atoms with Gasteiger partial charge in [0, 0.05) is 12.6 Å². The summed E-state index contributed by atoms with van der Waals surface area (Å²) in [7, 11) is 0. The molecule has 0 aliphatic carbocycles. The minimum atomic E-state index is -0.168. The van der Waals surface area contributed by atoms with E-state index in [1.165, 1.54) is 18.3 Å². The Morgan fingerprint density at radius 3 is 2.58 bits per heavy atom. The van der Waals surface area contributed by atoms with Crippen LogP contribution in [0.2, 0.25) is 0 Å². The van der Waals surface area contributed by atoms with Crippen LogP contribution in [-0.2, 0) is 6.42 Å². The van der Waals surface area contributed by atoms with Crippen molar-refractivity contribution < 1.29 is 15.4 Å². The van der Waals surface area contributed by atoms with Crippen LogP contribution in [0, 0.1) is 0 Å². The Labute approximate surface area is 69.4 Å². The number of aromatic hydroxyl groups is 2. The fourth-order valence-electron chi connectivity index (χ4n) is 0.842. The molecule has 3 N–H and O–H groups in total. The van der Waals surface area contributed by atoms with Gasteiger partial charge in [-0.05, 0) is 17.7 Å². The third-order valence-corrected chi connectivity index (χ3v) is 1.45. The number of oxime groups is 1. The van der Waals surface area contributed by atoms with Crippen LogP contribution < -0.4 is 0 Å². The molecule has 1 aromatic carbocycles. The van der Waals surface area contributed by atoms with E-state index < -0.39 is 0 Å². The highest BCUT2D eigenvalue weighted by Gasteiger charge is 1.98. The molecule has 64 valence electrons. The SMILES string of the molecule is ON=CCc1ccc(O)c(O)c1. The van der Waals surface area contributed by atoms with E-state index in [-0.39, 0.29) is 11.5 Å². The summed E-state index contributed by atoms with van der Waals surface area (Å²) in [5.74, 6) is -0.321. The highest BCUT2D eigenvalue weighted by molar-refractivity contribution is 5.61. The maximum Gasteiger partial charge on any atom is 0.157 e. The average Bonchev–Trinajstić information content (AvgIpc) is 2.07. The molecule has 0 aliphatic heterocycles. The van der Waals surface area contributed by atoms with Crippen LogP contribution in [0.25, 0.3) is 0 Å². The van der Waals surface area contributed by atoms with E-state index in [0.29, 0.717) is 6.42 Å². The molecule has 0 amide bonds. The molecular weight excluding hydrogens is 158 g/mol. The van der Waals surface area contributed by atoms with E-state index >= 15 is 0 Å². The lowest BCUT2D eigenvalue weighted by atomic mass is 10.1. The first-order chi connectivity index (χ1) is 5.74. The first-order valence-electron chi connectivity index (χ1n) is 3.41. The zero-order chi connectivity index (χ0) is 8.97. The lowest BCUT2D eigenvalue weighted by Crippen LogP contribution is -1.85. The molecule has 0 heterocycles. The van der Waals surface area contributed by atoms with Gasteiger partial charge in [-0.25, -0.2) is 0 Å². The summed E-state index contributed by atoms with van der Waals surface area (Å²) in [4.78, 5) is 0. The number of hydrogen-bond acceptors (Lipinski definition) is 4. The molecule has 4 heteroatoms. The maximum atomic E-state index is 9.04. The summed E-state index contributed by atoms with van der Waals surface area (Å²) in [5.41, 5.74) is 0.767. The van der Waals surface area contributed by atoms with Crippen LogP contribution in [0.5, 0.6) is 11.5 Å². The van der Waals surface area contributed by atoms with Gasteiger partial charge >= 0.3 is 0 Å². The molecule has 1 aromatic rings. The Hall–Kier alpha value is -1.71. The zero-order valence-corrected chi connectivity index (χ0v) is 6.31. The van der Waals surface area contributed by atoms with Gasteiger partial charge in [0.15, 0.2) is 11.5 Å². The van der Waals surface area contributed by atoms with Gasteiger partial charge in [0.2, 0.25) is 0 Å². The van der Waals surface area contributed by atoms with Crippen molar-refractivity contribution in [2.75, 3.05) is 0 Å². The monoisotopic (exact) mass is 167 g/mol. The Morgan fingerprint density at radius 2 is 2.00 bits per heavy atom. The second kappa shape index (κ2) is 3.61. The average molecular weight is 167 g/mol. The van der Waals surface area contributed by atoms with Crippen LogP contribution in [0.4, 0.5) is 0 Å². The molecule has 0 saturated heterocycles. The molecule has 1 rings (SSSR count). The summed E-state index contributed by atoms with van der Waals surface area (Å²) in [6.07, 6.45) is 1.72. The predicted octanol–water partition coefficient (Wildman–Crippen LogP) is 1.10. The Bertz CT molecular complexity index is 296. The van der Waals surface area contributed by atoms with Crippen LogP contribution >= 0.6 is 0 Å². The van der Waals surface area contributed by atoms with Crippen molar-refractivity contribution in [1.29, 1.82) is 0 Å². The van der Waals surface area contributed by atoms with Crippen molar-refractivity contribution in [2.24, 2.45) is 5.16 Å². The molecular formula is C8H9NO3. The van der Waals surface area contributed by atoms with Crippen molar-refractivity contribution in [3.8, 4) is 11.5 Å². The molecule has 0 aliphatic rings. The van der Waals surface area contributed by atoms with E-state index in [2.05, 4.69) is 5.16 Å². The lowest BCUT2D eigenvalue weighted by Gasteiger charge is -1.99. The van der Waals surface area contributed by atoms with Crippen molar-refractivity contribution in [3.63, 3.8) is 0 Å². The first-order valence-corrected chi connectivity index (χ1v) is 3.41. The maximum absolute atomic E-state index is 9.04. The summed E-state index contributed by atoms with van der Waals surface area (Å²) >= 11 is 0. The topological polar surface area (TPSA) is 73.1 Å². The minimum absolute atomic E-state index is 0.153. The van der Waals surface area contributed by atoms with Gasteiger partial charge in [-0.1, -0.05) is 6.07 Å². The Balaban J connectivity index is 2.82. The fourth-order valence-corrected chi connectivity index (χ4v) is 0.842. The van der Waals surface area contributed by atoms with E-state index in [1.807, 2.05) is 0 Å². The molecule has 0 aromatic heterocycles. The molecule has 0 unspecified atom stereocenters. The van der Waals surface area contributed by atoms with Gasteiger partial charge in [-0.15, -0.1) is 5.16 Å². The summed E-state index contributed by atoms with van der Waals surface area (Å²) < 4.78 is 0.